The SMILES string of the molecule is CC(C)C1=C2C3CCC4C(C)(CCC5C(C)(C)C(CC(=O)C6CC(C=O)C6C)CCC54C)C3CCC2(CCN)CC1=O. The molecule has 0 heterocycles. The van der Waals surface area contributed by atoms with Crippen LogP contribution in [0, 0.1) is 74.9 Å². The molecule has 0 aliphatic heterocycles. The Bertz CT molecular complexity index is 1170. The van der Waals surface area contributed by atoms with E-state index in [-0.39, 0.29) is 28.6 Å². The topological polar surface area (TPSA) is 77.2 Å². The highest BCUT2D eigenvalue weighted by Crippen LogP contribution is 2.73. The standard InChI is InChI=1S/C38H59NO3/c1-22(2)33-30(42)20-38(16-17-39)15-11-28-26(34(33)38)8-9-32-36(28,6)14-12-31-35(4,5)25(10-13-37(31,32)7)19-29(41)27-18-24(21-40)23(27)3/h21-28,31-32H,8-20,39H2,1-7H3. The van der Waals surface area contributed by atoms with Gasteiger partial charge in [0.2, 0.25) is 0 Å². The van der Waals surface area contributed by atoms with Gasteiger partial charge in [0.15, 0.2) is 5.78 Å². The first-order chi connectivity index (χ1) is 19.7. The van der Waals surface area contributed by atoms with Crippen molar-refractivity contribution in [3.8, 4) is 0 Å². The fraction of sp³-hybridized carbons (Fsp3) is 0.868. The number of Topliss-reactive ketones (excluding diaryl/α,β-unsaturated/α-hetero) is 2. The smallest absolute Gasteiger partial charge is 0.159 e. The third-order valence-corrected chi connectivity index (χ3v) is 15.5. The van der Waals surface area contributed by atoms with Crippen molar-refractivity contribution in [2.24, 2.45) is 80.7 Å². The molecule has 6 rings (SSSR count). The van der Waals surface area contributed by atoms with E-state index in [0.29, 0.717) is 77.3 Å². The van der Waals surface area contributed by atoms with E-state index in [0.717, 1.165) is 32.0 Å². The van der Waals surface area contributed by atoms with Gasteiger partial charge in [-0.15, -0.1) is 0 Å². The molecule has 11 atom stereocenters. The summed E-state index contributed by atoms with van der Waals surface area (Å²) in [6, 6.07) is 0. The number of fused-ring (bicyclic) bond motifs is 7. The fourth-order valence-corrected chi connectivity index (χ4v) is 13.3. The molecule has 0 spiro atoms. The molecular weight excluding hydrogens is 518 g/mol. The van der Waals surface area contributed by atoms with E-state index >= 15 is 0 Å². The summed E-state index contributed by atoms with van der Waals surface area (Å²) >= 11 is 0. The van der Waals surface area contributed by atoms with Gasteiger partial charge in [-0.3, -0.25) is 9.59 Å². The van der Waals surface area contributed by atoms with E-state index in [4.69, 9.17) is 5.73 Å². The van der Waals surface area contributed by atoms with E-state index in [2.05, 4.69) is 48.5 Å². The van der Waals surface area contributed by atoms with Crippen molar-refractivity contribution in [1.29, 1.82) is 0 Å². The Morgan fingerprint density at radius 3 is 2.33 bits per heavy atom. The summed E-state index contributed by atoms with van der Waals surface area (Å²) in [5.74, 6) is 4.57. The van der Waals surface area contributed by atoms with Crippen LogP contribution in [-0.2, 0) is 14.4 Å². The molecule has 11 unspecified atom stereocenters. The second kappa shape index (κ2) is 10.4. The van der Waals surface area contributed by atoms with Gasteiger partial charge < -0.3 is 10.5 Å². The zero-order chi connectivity index (χ0) is 30.4. The Labute approximate surface area is 255 Å². The maximum absolute atomic E-state index is 13.5. The Morgan fingerprint density at radius 1 is 0.976 bits per heavy atom. The average Bonchev–Trinajstić information content (AvgIpc) is 3.21. The van der Waals surface area contributed by atoms with Crippen LogP contribution in [0.5, 0.6) is 0 Å². The summed E-state index contributed by atoms with van der Waals surface area (Å²) in [5, 5.41) is 0. The lowest BCUT2D eigenvalue weighted by Gasteiger charge is -2.69. The second-order valence-electron chi connectivity index (χ2n) is 17.6. The number of aldehydes is 1. The Hall–Kier alpha value is -1.29. The molecule has 0 saturated heterocycles. The quantitative estimate of drug-likeness (QED) is 0.311. The molecule has 0 aromatic rings. The Kier molecular flexibility index (Phi) is 7.59. The first kappa shape index (κ1) is 30.7. The molecule has 4 nitrogen and oxygen atoms in total. The molecule has 0 amide bonds. The van der Waals surface area contributed by atoms with Crippen LogP contribution in [0.1, 0.15) is 126 Å². The van der Waals surface area contributed by atoms with Crippen LogP contribution >= 0.6 is 0 Å². The highest BCUT2D eigenvalue weighted by molar-refractivity contribution is 6.00. The molecule has 2 N–H and O–H groups in total. The van der Waals surface area contributed by atoms with Crippen molar-refractivity contribution >= 4 is 17.9 Å². The normalized spacial score (nSPS) is 47.7. The maximum atomic E-state index is 13.5. The molecule has 234 valence electrons. The van der Waals surface area contributed by atoms with Gasteiger partial charge in [0.25, 0.3) is 0 Å². The molecule has 5 fully saturated rings. The first-order valence-electron chi connectivity index (χ1n) is 17.7. The fourth-order valence-electron chi connectivity index (χ4n) is 13.3. The van der Waals surface area contributed by atoms with Crippen LogP contribution < -0.4 is 5.73 Å². The van der Waals surface area contributed by atoms with Gasteiger partial charge in [0.05, 0.1) is 0 Å². The number of rotatable bonds is 7. The van der Waals surface area contributed by atoms with Crippen LogP contribution in [0.25, 0.3) is 0 Å². The monoisotopic (exact) mass is 577 g/mol. The summed E-state index contributed by atoms with van der Waals surface area (Å²) in [7, 11) is 0. The van der Waals surface area contributed by atoms with Crippen LogP contribution in [-0.4, -0.2) is 24.4 Å². The number of carbonyl (C=O) groups excluding carboxylic acids is 3. The first-order valence-corrected chi connectivity index (χ1v) is 17.7. The minimum Gasteiger partial charge on any atom is -0.330 e. The van der Waals surface area contributed by atoms with Gasteiger partial charge in [-0.25, -0.2) is 0 Å². The summed E-state index contributed by atoms with van der Waals surface area (Å²) in [4.78, 5) is 38.2. The van der Waals surface area contributed by atoms with Crippen molar-refractivity contribution in [3.05, 3.63) is 11.1 Å². The van der Waals surface area contributed by atoms with E-state index in [9.17, 15) is 14.4 Å². The number of carbonyl (C=O) groups is 3. The van der Waals surface area contributed by atoms with Crippen molar-refractivity contribution in [1.82, 2.24) is 0 Å². The molecular formula is C38H59NO3. The van der Waals surface area contributed by atoms with Gasteiger partial charge in [-0.05, 0) is 134 Å². The summed E-state index contributed by atoms with van der Waals surface area (Å²) < 4.78 is 0. The number of nitrogens with two attached hydrogens (primary N) is 1. The number of allylic oxidation sites excluding steroid dienone is 2. The molecule has 0 aromatic heterocycles. The van der Waals surface area contributed by atoms with E-state index in [1.807, 2.05) is 0 Å². The number of ketones is 2. The zero-order valence-electron chi connectivity index (χ0n) is 27.8. The van der Waals surface area contributed by atoms with Gasteiger partial charge in [-0.2, -0.15) is 0 Å². The van der Waals surface area contributed by atoms with Gasteiger partial charge in [-0.1, -0.05) is 54.0 Å². The molecule has 0 radical (unpaired) electrons. The zero-order valence-corrected chi connectivity index (χ0v) is 27.8. The highest BCUT2D eigenvalue weighted by atomic mass is 16.1. The Balaban J connectivity index is 1.25. The Morgan fingerprint density at radius 2 is 1.69 bits per heavy atom. The van der Waals surface area contributed by atoms with Gasteiger partial charge in [0.1, 0.15) is 12.1 Å². The van der Waals surface area contributed by atoms with Crippen molar-refractivity contribution in [2.45, 2.75) is 126 Å². The molecule has 6 aliphatic carbocycles. The van der Waals surface area contributed by atoms with Crippen LogP contribution in [0.15, 0.2) is 11.1 Å². The number of hydrogen-bond acceptors (Lipinski definition) is 4. The molecule has 4 heteroatoms. The van der Waals surface area contributed by atoms with Gasteiger partial charge in [0, 0.05) is 30.1 Å². The van der Waals surface area contributed by atoms with Crippen molar-refractivity contribution in [3.63, 3.8) is 0 Å². The third-order valence-electron chi connectivity index (χ3n) is 15.5. The lowest BCUT2D eigenvalue weighted by atomic mass is 9.35. The van der Waals surface area contributed by atoms with E-state index in [1.165, 1.54) is 44.1 Å². The van der Waals surface area contributed by atoms with Gasteiger partial charge >= 0.3 is 0 Å². The van der Waals surface area contributed by atoms with Crippen molar-refractivity contribution < 1.29 is 14.4 Å². The van der Waals surface area contributed by atoms with Crippen LogP contribution in [0.3, 0.4) is 0 Å². The third kappa shape index (κ3) is 4.18. The predicted octanol–water partition coefficient (Wildman–Crippen LogP) is 7.97. The highest BCUT2D eigenvalue weighted by Gasteiger charge is 2.66. The molecule has 42 heavy (non-hydrogen) atoms. The lowest BCUT2D eigenvalue weighted by Crippen LogP contribution is -2.62. The molecule has 0 bridgehead atoms. The molecule has 6 aliphatic rings. The summed E-state index contributed by atoms with van der Waals surface area (Å²) in [6.45, 7) is 17.5. The molecule has 0 aromatic carbocycles. The largest absolute Gasteiger partial charge is 0.330 e. The van der Waals surface area contributed by atoms with E-state index in [1.54, 1.807) is 5.57 Å². The maximum Gasteiger partial charge on any atom is 0.159 e. The molecule has 5 saturated carbocycles. The lowest BCUT2D eigenvalue weighted by molar-refractivity contribution is -0.193. The van der Waals surface area contributed by atoms with E-state index < -0.39 is 0 Å². The van der Waals surface area contributed by atoms with Crippen LogP contribution in [0.2, 0.25) is 0 Å². The predicted molar refractivity (Wildman–Crippen MR) is 168 cm³/mol. The summed E-state index contributed by atoms with van der Waals surface area (Å²) in [6.07, 6.45) is 14.1. The van der Waals surface area contributed by atoms with Crippen LogP contribution in [0.4, 0.5) is 0 Å². The number of hydrogen-bond donors (Lipinski definition) is 1. The average molecular weight is 578 g/mol. The summed E-state index contributed by atoms with van der Waals surface area (Å²) in [5.41, 5.74) is 9.77. The minimum atomic E-state index is 0.0349. The second-order valence-corrected chi connectivity index (χ2v) is 17.6. The minimum absolute atomic E-state index is 0.0349. The van der Waals surface area contributed by atoms with Crippen molar-refractivity contribution in [2.75, 3.05) is 6.54 Å².